The molecule has 2 rings (SSSR count). The summed E-state index contributed by atoms with van der Waals surface area (Å²) in [5.41, 5.74) is 8.67. The van der Waals surface area contributed by atoms with E-state index in [0.29, 0.717) is 6.54 Å². The van der Waals surface area contributed by atoms with Crippen LogP contribution in [0.2, 0.25) is 0 Å². The Balaban J connectivity index is 2.27. The van der Waals surface area contributed by atoms with Gasteiger partial charge in [-0.2, -0.15) is 0 Å². The van der Waals surface area contributed by atoms with Crippen molar-refractivity contribution in [2.24, 2.45) is 5.73 Å². The van der Waals surface area contributed by atoms with E-state index in [1.54, 1.807) is 0 Å². The topological polar surface area (TPSA) is 38.5 Å². The van der Waals surface area contributed by atoms with Crippen molar-refractivity contribution in [3.8, 4) is 0 Å². The van der Waals surface area contributed by atoms with Gasteiger partial charge in [-0.15, -0.1) is 0 Å². The Hall–Kier alpha value is -0.900. The Bertz CT molecular complexity index is 403. The van der Waals surface area contributed by atoms with Crippen LogP contribution in [0.4, 0.5) is 0 Å². The van der Waals surface area contributed by atoms with Crippen LogP contribution in [0, 0.1) is 6.92 Å². The van der Waals surface area contributed by atoms with E-state index in [-0.39, 0.29) is 11.6 Å². The lowest BCUT2D eigenvalue weighted by Crippen LogP contribution is -2.55. The van der Waals surface area contributed by atoms with Crippen molar-refractivity contribution in [1.29, 1.82) is 0 Å². The second-order valence-electron chi connectivity index (χ2n) is 5.72. The lowest BCUT2D eigenvalue weighted by molar-refractivity contribution is -0.0712. The molecule has 18 heavy (non-hydrogen) atoms. The molecule has 3 nitrogen and oxygen atoms in total. The van der Waals surface area contributed by atoms with Gasteiger partial charge in [-0.1, -0.05) is 29.8 Å². The quantitative estimate of drug-likeness (QED) is 0.890. The second-order valence-corrected chi connectivity index (χ2v) is 5.72. The molecule has 1 atom stereocenters. The van der Waals surface area contributed by atoms with Crippen LogP contribution < -0.4 is 5.73 Å². The van der Waals surface area contributed by atoms with Gasteiger partial charge >= 0.3 is 0 Å². The number of ether oxygens (including phenoxy) is 1. The molecule has 1 fully saturated rings. The fourth-order valence-corrected chi connectivity index (χ4v) is 2.77. The number of nitrogens with zero attached hydrogens (tertiary/aromatic N) is 1. The SMILES string of the molecule is Cc1cccc(C(CN)N2CCOCC2(C)C)c1. The van der Waals surface area contributed by atoms with Crippen molar-refractivity contribution in [1.82, 2.24) is 4.90 Å². The number of aryl methyl sites for hydroxylation is 1. The largest absolute Gasteiger partial charge is 0.378 e. The minimum Gasteiger partial charge on any atom is -0.378 e. The third-order valence-electron chi connectivity index (χ3n) is 3.74. The van der Waals surface area contributed by atoms with Crippen LogP contribution in [0.25, 0.3) is 0 Å². The third kappa shape index (κ3) is 2.74. The van der Waals surface area contributed by atoms with E-state index in [9.17, 15) is 0 Å². The van der Waals surface area contributed by atoms with Crippen LogP contribution in [-0.2, 0) is 4.74 Å². The van der Waals surface area contributed by atoms with Crippen molar-refractivity contribution in [3.63, 3.8) is 0 Å². The number of morpholine rings is 1. The zero-order chi connectivity index (χ0) is 13.2. The van der Waals surface area contributed by atoms with Crippen molar-refractivity contribution in [3.05, 3.63) is 35.4 Å². The molecular formula is C15H24N2O. The molecule has 1 aliphatic rings. The molecule has 0 bridgehead atoms. The predicted octanol–water partition coefficient (Wildman–Crippen LogP) is 2.11. The van der Waals surface area contributed by atoms with Gasteiger partial charge in [0, 0.05) is 24.7 Å². The maximum absolute atomic E-state index is 6.02. The normalized spacial score (nSPS) is 21.8. The van der Waals surface area contributed by atoms with Gasteiger partial charge in [0.25, 0.3) is 0 Å². The first kappa shape index (κ1) is 13.5. The van der Waals surface area contributed by atoms with Gasteiger partial charge in [-0.05, 0) is 26.3 Å². The van der Waals surface area contributed by atoms with Crippen molar-refractivity contribution < 1.29 is 4.74 Å². The molecule has 0 radical (unpaired) electrons. The Kier molecular flexibility index (Phi) is 4.05. The monoisotopic (exact) mass is 248 g/mol. The molecule has 0 saturated carbocycles. The summed E-state index contributed by atoms with van der Waals surface area (Å²) in [4.78, 5) is 2.48. The van der Waals surface area contributed by atoms with Crippen LogP contribution in [0.3, 0.4) is 0 Å². The van der Waals surface area contributed by atoms with E-state index in [2.05, 4.69) is 49.9 Å². The molecule has 0 aromatic heterocycles. The highest BCUT2D eigenvalue weighted by Crippen LogP contribution is 2.30. The summed E-state index contributed by atoms with van der Waals surface area (Å²) in [6.07, 6.45) is 0. The summed E-state index contributed by atoms with van der Waals surface area (Å²) in [6.45, 7) is 9.74. The summed E-state index contributed by atoms with van der Waals surface area (Å²) in [6, 6.07) is 8.94. The highest BCUT2D eigenvalue weighted by molar-refractivity contribution is 5.26. The number of rotatable bonds is 3. The van der Waals surface area contributed by atoms with Gasteiger partial charge in [0.05, 0.1) is 13.2 Å². The maximum Gasteiger partial charge on any atom is 0.0645 e. The number of benzene rings is 1. The molecule has 1 saturated heterocycles. The molecule has 1 aromatic rings. The Morgan fingerprint density at radius 1 is 1.44 bits per heavy atom. The third-order valence-corrected chi connectivity index (χ3v) is 3.74. The molecule has 1 aromatic carbocycles. The Morgan fingerprint density at radius 2 is 2.22 bits per heavy atom. The lowest BCUT2D eigenvalue weighted by Gasteiger charge is -2.46. The van der Waals surface area contributed by atoms with Crippen LogP contribution in [0.1, 0.15) is 31.0 Å². The fourth-order valence-electron chi connectivity index (χ4n) is 2.77. The van der Waals surface area contributed by atoms with E-state index in [0.717, 1.165) is 19.8 Å². The van der Waals surface area contributed by atoms with E-state index >= 15 is 0 Å². The van der Waals surface area contributed by atoms with Gasteiger partial charge in [0.1, 0.15) is 0 Å². The molecule has 0 aliphatic carbocycles. The van der Waals surface area contributed by atoms with E-state index in [4.69, 9.17) is 10.5 Å². The van der Waals surface area contributed by atoms with E-state index < -0.39 is 0 Å². The van der Waals surface area contributed by atoms with Crippen LogP contribution in [0.5, 0.6) is 0 Å². The standard InChI is InChI=1S/C15H24N2O/c1-12-5-4-6-13(9-12)14(10-16)17-7-8-18-11-15(17,2)3/h4-6,9,14H,7-8,10-11,16H2,1-3H3. The van der Waals surface area contributed by atoms with Gasteiger partial charge in [0.15, 0.2) is 0 Å². The van der Waals surface area contributed by atoms with Gasteiger partial charge in [0.2, 0.25) is 0 Å². The number of hydrogen-bond donors (Lipinski definition) is 1. The summed E-state index contributed by atoms with van der Waals surface area (Å²) in [5.74, 6) is 0. The van der Waals surface area contributed by atoms with E-state index in [1.165, 1.54) is 11.1 Å². The number of nitrogens with two attached hydrogens (primary N) is 1. The molecule has 1 unspecified atom stereocenters. The van der Waals surface area contributed by atoms with Gasteiger partial charge in [-0.25, -0.2) is 0 Å². The fraction of sp³-hybridized carbons (Fsp3) is 0.600. The Labute approximate surface area is 110 Å². The molecule has 1 heterocycles. The van der Waals surface area contributed by atoms with Gasteiger partial charge in [-0.3, -0.25) is 4.90 Å². The number of hydrogen-bond acceptors (Lipinski definition) is 3. The van der Waals surface area contributed by atoms with Crippen LogP contribution >= 0.6 is 0 Å². The van der Waals surface area contributed by atoms with Crippen molar-refractivity contribution in [2.45, 2.75) is 32.4 Å². The molecule has 3 heteroatoms. The molecular weight excluding hydrogens is 224 g/mol. The second kappa shape index (κ2) is 5.39. The molecule has 2 N–H and O–H groups in total. The first-order valence-corrected chi connectivity index (χ1v) is 6.66. The molecule has 0 spiro atoms. The lowest BCUT2D eigenvalue weighted by atomic mass is 9.95. The highest BCUT2D eigenvalue weighted by atomic mass is 16.5. The summed E-state index contributed by atoms with van der Waals surface area (Å²) >= 11 is 0. The average molecular weight is 248 g/mol. The van der Waals surface area contributed by atoms with Gasteiger partial charge < -0.3 is 10.5 Å². The Morgan fingerprint density at radius 3 is 2.83 bits per heavy atom. The van der Waals surface area contributed by atoms with Crippen molar-refractivity contribution in [2.75, 3.05) is 26.3 Å². The zero-order valence-electron chi connectivity index (χ0n) is 11.6. The highest BCUT2D eigenvalue weighted by Gasteiger charge is 2.35. The molecule has 1 aliphatic heterocycles. The zero-order valence-corrected chi connectivity index (χ0v) is 11.6. The van der Waals surface area contributed by atoms with Crippen molar-refractivity contribution >= 4 is 0 Å². The van der Waals surface area contributed by atoms with Crippen LogP contribution in [0.15, 0.2) is 24.3 Å². The summed E-state index contributed by atoms with van der Waals surface area (Å²) in [7, 11) is 0. The average Bonchev–Trinajstić information content (AvgIpc) is 2.32. The molecule has 100 valence electrons. The minimum absolute atomic E-state index is 0.0477. The first-order chi connectivity index (χ1) is 8.54. The summed E-state index contributed by atoms with van der Waals surface area (Å²) in [5, 5.41) is 0. The minimum atomic E-state index is 0.0477. The van der Waals surface area contributed by atoms with Crippen LogP contribution in [-0.4, -0.2) is 36.7 Å². The predicted molar refractivity (Wildman–Crippen MR) is 74.6 cm³/mol. The molecule has 0 amide bonds. The first-order valence-electron chi connectivity index (χ1n) is 6.66. The van der Waals surface area contributed by atoms with E-state index in [1.807, 2.05) is 0 Å². The maximum atomic E-state index is 6.02. The summed E-state index contributed by atoms with van der Waals surface area (Å²) < 4.78 is 5.59. The smallest absolute Gasteiger partial charge is 0.0645 e.